The van der Waals surface area contributed by atoms with Crippen LogP contribution < -0.4 is 4.90 Å². The third-order valence-electron chi connectivity index (χ3n) is 3.55. The highest BCUT2D eigenvalue weighted by Crippen LogP contribution is 2.20. The van der Waals surface area contributed by atoms with Crippen LogP contribution in [0.15, 0.2) is 5.38 Å². The quantitative estimate of drug-likeness (QED) is 0.703. The van der Waals surface area contributed by atoms with Gasteiger partial charge in [-0.25, -0.2) is 9.78 Å². The Kier molecular flexibility index (Phi) is 6.49. The molecule has 0 spiro atoms. The predicted molar refractivity (Wildman–Crippen MR) is 85.4 cm³/mol. The van der Waals surface area contributed by atoms with Crippen LogP contribution in [0.5, 0.6) is 0 Å². The van der Waals surface area contributed by atoms with E-state index in [-0.39, 0.29) is 18.6 Å². The number of aromatic nitrogens is 1. The highest BCUT2D eigenvalue weighted by Gasteiger charge is 2.21. The smallest absolute Gasteiger partial charge is 0.335 e. The zero-order chi connectivity index (χ0) is 16.8. The van der Waals surface area contributed by atoms with E-state index >= 15 is 0 Å². The van der Waals surface area contributed by atoms with Gasteiger partial charge in [-0.15, -0.1) is 11.3 Å². The van der Waals surface area contributed by atoms with Crippen molar-refractivity contribution in [2.75, 3.05) is 25.2 Å². The van der Waals surface area contributed by atoms with Crippen molar-refractivity contribution < 1.29 is 23.8 Å². The number of nitrogens with zero attached hydrogens (tertiary/aromatic N) is 2. The monoisotopic (exact) mass is 342 g/mol. The second-order valence-electron chi connectivity index (χ2n) is 5.42. The highest BCUT2D eigenvalue weighted by atomic mass is 32.1. The maximum Gasteiger partial charge on any atom is 0.335 e. The van der Waals surface area contributed by atoms with Gasteiger partial charge in [0.2, 0.25) is 5.91 Å². The van der Waals surface area contributed by atoms with E-state index in [1.807, 2.05) is 0 Å². The van der Waals surface area contributed by atoms with Crippen molar-refractivity contribution in [1.29, 1.82) is 0 Å². The summed E-state index contributed by atoms with van der Waals surface area (Å²) >= 11 is 1.33. The Morgan fingerprint density at radius 1 is 1.57 bits per heavy atom. The van der Waals surface area contributed by atoms with Crippen LogP contribution in [0, 0.1) is 0 Å². The van der Waals surface area contributed by atoms with Crippen molar-refractivity contribution in [3.05, 3.63) is 11.1 Å². The molecule has 23 heavy (non-hydrogen) atoms. The number of esters is 1. The molecule has 1 aromatic heterocycles. The molecule has 0 aliphatic carbocycles. The largest absolute Gasteiger partial charge is 0.457 e. The molecule has 1 amide bonds. The predicted octanol–water partition coefficient (Wildman–Crippen LogP) is 1.75. The van der Waals surface area contributed by atoms with Gasteiger partial charge >= 0.3 is 5.97 Å². The summed E-state index contributed by atoms with van der Waals surface area (Å²) in [7, 11) is 1.65. The first kappa shape index (κ1) is 17.8. The number of ether oxygens (including phenoxy) is 3. The summed E-state index contributed by atoms with van der Waals surface area (Å²) in [6, 6.07) is 0. The Hall–Kier alpha value is -1.51. The molecule has 2 unspecified atom stereocenters. The second-order valence-corrected chi connectivity index (χ2v) is 6.25. The second kappa shape index (κ2) is 8.37. The van der Waals surface area contributed by atoms with Gasteiger partial charge in [-0.3, -0.25) is 9.69 Å². The minimum Gasteiger partial charge on any atom is -0.457 e. The first-order chi connectivity index (χ1) is 11.0. The standard InChI is InChI=1S/C15H22N2O5S/c1-10(21-8-13-5-4-6-20-13)14(19)22-7-12-9-23-15(16-12)17(3)11(2)18/h9-10,13H,4-8H2,1-3H3. The van der Waals surface area contributed by atoms with Gasteiger partial charge in [0.1, 0.15) is 6.61 Å². The number of rotatable bonds is 7. The van der Waals surface area contributed by atoms with E-state index in [4.69, 9.17) is 14.2 Å². The minimum atomic E-state index is -0.641. The van der Waals surface area contributed by atoms with Crippen molar-refractivity contribution in [2.24, 2.45) is 0 Å². The van der Waals surface area contributed by atoms with E-state index in [1.165, 1.54) is 23.2 Å². The summed E-state index contributed by atoms with van der Waals surface area (Å²) in [4.78, 5) is 28.9. The summed E-state index contributed by atoms with van der Waals surface area (Å²) in [5.74, 6) is -0.531. The van der Waals surface area contributed by atoms with Crippen LogP contribution in [-0.2, 0) is 30.4 Å². The van der Waals surface area contributed by atoms with E-state index in [0.29, 0.717) is 17.4 Å². The van der Waals surface area contributed by atoms with Gasteiger partial charge < -0.3 is 14.2 Å². The Balaban J connectivity index is 1.73. The molecule has 0 N–H and O–H groups in total. The van der Waals surface area contributed by atoms with Gasteiger partial charge in [0.05, 0.1) is 18.4 Å². The first-order valence-electron chi connectivity index (χ1n) is 7.56. The van der Waals surface area contributed by atoms with Gasteiger partial charge in [-0.2, -0.15) is 0 Å². The number of thiazole rings is 1. The van der Waals surface area contributed by atoms with E-state index < -0.39 is 12.1 Å². The summed E-state index contributed by atoms with van der Waals surface area (Å²) in [5.41, 5.74) is 0.609. The Morgan fingerprint density at radius 3 is 3.00 bits per heavy atom. The molecule has 1 fully saturated rings. The molecule has 1 aromatic rings. The van der Waals surface area contributed by atoms with E-state index in [1.54, 1.807) is 19.4 Å². The van der Waals surface area contributed by atoms with Crippen molar-refractivity contribution in [1.82, 2.24) is 4.98 Å². The zero-order valence-electron chi connectivity index (χ0n) is 13.6. The average Bonchev–Trinajstić information content (AvgIpc) is 3.20. The molecule has 2 rings (SSSR count). The van der Waals surface area contributed by atoms with E-state index in [0.717, 1.165) is 19.4 Å². The normalized spacial score (nSPS) is 18.7. The van der Waals surface area contributed by atoms with Crippen LogP contribution >= 0.6 is 11.3 Å². The molecule has 0 radical (unpaired) electrons. The molecule has 1 saturated heterocycles. The van der Waals surface area contributed by atoms with Crippen LogP contribution in [0.1, 0.15) is 32.4 Å². The van der Waals surface area contributed by atoms with Crippen LogP contribution in [-0.4, -0.2) is 49.3 Å². The van der Waals surface area contributed by atoms with Crippen LogP contribution in [0.25, 0.3) is 0 Å². The number of hydrogen-bond acceptors (Lipinski definition) is 7. The van der Waals surface area contributed by atoms with Crippen molar-refractivity contribution >= 4 is 28.3 Å². The molecule has 7 nitrogen and oxygen atoms in total. The number of carbonyl (C=O) groups excluding carboxylic acids is 2. The molecule has 0 bridgehead atoms. The van der Waals surface area contributed by atoms with E-state index in [9.17, 15) is 9.59 Å². The molecule has 8 heteroatoms. The lowest BCUT2D eigenvalue weighted by Gasteiger charge is -2.15. The fourth-order valence-electron chi connectivity index (χ4n) is 2.01. The zero-order valence-corrected chi connectivity index (χ0v) is 14.4. The Bertz CT molecular complexity index is 542. The lowest BCUT2D eigenvalue weighted by molar-refractivity contribution is -0.159. The van der Waals surface area contributed by atoms with Crippen LogP contribution in [0.2, 0.25) is 0 Å². The summed E-state index contributed by atoms with van der Waals surface area (Å²) < 4.78 is 16.1. The molecule has 2 heterocycles. The molecule has 1 aliphatic rings. The number of carbonyl (C=O) groups is 2. The van der Waals surface area contributed by atoms with Crippen molar-refractivity contribution in [3.8, 4) is 0 Å². The third-order valence-corrected chi connectivity index (χ3v) is 4.52. The lowest BCUT2D eigenvalue weighted by Crippen LogP contribution is -2.27. The molecular formula is C15H22N2O5S. The number of anilines is 1. The Labute approximate surface area is 139 Å². The van der Waals surface area contributed by atoms with Gasteiger partial charge in [0.25, 0.3) is 0 Å². The summed E-state index contributed by atoms with van der Waals surface area (Å²) in [6.07, 6.45) is 1.44. The van der Waals surface area contributed by atoms with Gasteiger partial charge in [0, 0.05) is 26.0 Å². The number of amides is 1. The lowest BCUT2D eigenvalue weighted by atomic mass is 10.2. The topological polar surface area (TPSA) is 78.0 Å². The number of hydrogen-bond donors (Lipinski definition) is 0. The highest BCUT2D eigenvalue weighted by molar-refractivity contribution is 7.14. The van der Waals surface area contributed by atoms with Crippen LogP contribution in [0.3, 0.4) is 0 Å². The summed E-state index contributed by atoms with van der Waals surface area (Å²) in [5, 5.41) is 2.34. The van der Waals surface area contributed by atoms with Crippen LogP contribution in [0.4, 0.5) is 5.13 Å². The van der Waals surface area contributed by atoms with Gasteiger partial charge in [0.15, 0.2) is 11.2 Å². The SMILES string of the molecule is CC(=O)N(C)c1nc(COC(=O)C(C)OCC2CCCO2)cs1. The fourth-order valence-corrected chi connectivity index (χ4v) is 2.83. The minimum absolute atomic E-state index is 0.0642. The summed E-state index contributed by atoms with van der Waals surface area (Å²) in [6.45, 7) is 4.35. The first-order valence-corrected chi connectivity index (χ1v) is 8.44. The third kappa shape index (κ3) is 5.26. The molecule has 1 aliphatic heterocycles. The maximum atomic E-state index is 11.9. The van der Waals surface area contributed by atoms with E-state index in [2.05, 4.69) is 4.98 Å². The molecule has 0 saturated carbocycles. The molecule has 2 atom stereocenters. The maximum absolute atomic E-state index is 11.9. The Morgan fingerprint density at radius 2 is 2.35 bits per heavy atom. The molecule has 128 valence electrons. The van der Waals surface area contributed by atoms with Crippen molar-refractivity contribution in [3.63, 3.8) is 0 Å². The van der Waals surface area contributed by atoms with Crippen molar-refractivity contribution in [2.45, 2.75) is 45.5 Å². The average molecular weight is 342 g/mol. The molecule has 0 aromatic carbocycles. The van der Waals surface area contributed by atoms with Gasteiger partial charge in [-0.1, -0.05) is 0 Å². The fraction of sp³-hybridized carbons (Fsp3) is 0.667. The molecular weight excluding hydrogens is 320 g/mol. The van der Waals surface area contributed by atoms with Gasteiger partial charge in [-0.05, 0) is 19.8 Å².